The minimum Gasteiger partial charge on any atom is -0.317 e. The Kier molecular flexibility index (Phi) is 2.62. The molecule has 14 heavy (non-hydrogen) atoms. The average Bonchev–Trinajstić information content (AvgIpc) is 2.84. The smallest absolute Gasteiger partial charge is 0.0897 e. The molecular formula is C11H18N2S. The summed E-state index contributed by atoms with van der Waals surface area (Å²) >= 11 is 1.76. The van der Waals surface area contributed by atoms with E-state index in [0.717, 1.165) is 6.42 Å². The molecule has 2 nitrogen and oxygen atoms in total. The van der Waals surface area contributed by atoms with Crippen LogP contribution >= 0.6 is 11.3 Å². The second-order valence-electron chi connectivity index (χ2n) is 4.41. The summed E-state index contributed by atoms with van der Waals surface area (Å²) in [6, 6.07) is 0.615. The van der Waals surface area contributed by atoms with E-state index in [1.165, 1.54) is 23.5 Å². The lowest BCUT2D eigenvalue weighted by Gasteiger charge is -2.21. The van der Waals surface area contributed by atoms with Crippen LogP contribution in [0.2, 0.25) is 0 Å². The Morgan fingerprint density at radius 3 is 2.79 bits per heavy atom. The summed E-state index contributed by atoms with van der Waals surface area (Å²) in [5, 5.41) is 6.76. The van der Waals surface area contributed by atoms with E-state index >= 15 is 0 Å². The molecule has 1 aliphatic rings. The van der Waals surface area contributed by atoms with Crippen LogP contribution in [-0.2, 0) is 6.42 Å². The van der Waals surface area contributed by atoms with Gasteiger partial charge in [-0.15, -0.1) is 11.3 Å². The SMILES string of the molecule is CNC(C)C1(Cc2csc(C)n2)CC1. The van der Waals surface area contributed by atoms with Crippen molar-refractivity contribution in [2.75, 3.05) is 7.05 Å². The maximum Gasteiger partial charge on any atom is 0.0897 e. The fourth-order valence-electron chi connectivity index (χ4n) is 2.08. The first-order valence-corrected chi connectivity index (χ1v) is 6.12. The van der Waals surface area contributed by atoms with Gasteiger partial charge >= 0.3 is 0 Å². The van der Waals surface area contributed by atoms with Gasteiger partial charge < -0.3 is 5.32 Å². The van der Waals surface area contributed by atoms with Crippen molar-refractivity contribution >= 4 is 11.3 Å². The Bertz CT molecular complexity index is 315. The number of nitrogens with one attached hydrogen (secondary N) is 1. The number of rotatable bonds is 4. The number of aromatic nitrogens is 1. The van der Waals surface area contributed by atoms with Crippen LogP contribution in [0, 0.1) is 12.3 Å². The Morgan fingerprint density at radius 1 is 1.64 bits per heavy atom. The van der Waals surface area contributed by atoms with Crippen molar-refractivity contribution in [3.8, 4) is 0 Å². The van der Waals surface area contributed by atoms with Crippen molar-refractivity contribution in [3.05, 3.63) is 16.1 Å². The Balaban J connectivity index is 2.04. The van der Waals surface area contributed by atoms with E-state index < -0.39 is 0 Å². The van der Waals surface area contributed by atoms with Gasteiger partial charge in [0.15, 0.2) is 0 Å². The second-order valence-corrected chi connectivity index (χ2v) is 5.47. The predicted molar refractivity (Wildman–Crippen MR) is 60.7 cm³/mol. The van der Waals surface area contributed by atoms with E-state index in [9.17, 15) is 0 Å². The van der Waals surface area contributed by atoms with Crippen molar-refractivity contribution in [1.29, 1.82) is 0 Å². The molecule has 0 radical (unpaired) electrons. The molecule has 1 fully saturated rings. The quantitative estimate of drug-likeness (QED) is 0.825. The Hall–Kier alpha value is -0.410. The molecule has 3 heteroatoms. The standard InChI is InChI=1S/C11H18N2S/c1-8(12-3)11(4-5-11)6-10-7-14-9(2)13-10/h7-8,12H,4-6H2,1-3H3. The maximum absolute atomic E-state index is 4.54. The lowest BCUT2D eigenvalue weighted by molar-refractivity contribution is 0.367. The van der Waals surface area contributed by atoms with Crippen LogP contribution in [0.3, 0.4) is 0 Å². The van der Waals surface area contributed by atoms with Crippen LogP contribution in [0.4, 0.5) is 0 Å². The number of nitrogens with zero attached hydrogens (tertiary/aromatic N) is 1. The number of hydrogen-bond acceptors (Lipinski definition) is 3. The molecule has 0 bridgehead atoms. The molecule has 0 amide bonds. The zero-order valence-electron chi connectivity index (χ0n) is 9.13. The van der Waals surface area contributed by atoms with Gasteiger partial charge in [-0.05, 0) is 45.6 Å². The van der Waals surface area contributed by atoms with Crippen molar-refractivity contribution in [1.82, 2.24) is 10.3 Å². The zero-order chi connectivity index (χ0) is 10.2. The van der Waals surface area contributed by atoms with E-state index in [-0.39, 0.29) is 0 Å². The van der Waals surface area contributed by atoms with Crippen molar-refractivity contribution in [3.63, 3.8) is 0 Å². The summed E-state index contributed by atoms with van der Waals surface area (Å²) in [6.45, 7) is 4.36. The highest BCUT2D eigenvalue weighted by Crippen LogP contribution is 2.51. The third-order valence-electron chi connectivity index (χ3n) is 3.44. The van der Waals surface area contributed by atoms with Crippen LogP contribution in [0.25, 0.3) is 0 Å². The summed E-state index contributed by atoms with van der Waals surface area (Å²) in [5.74, 6) is 0. The maximum atomic E-state index is 4.54. The molecule has 1 aliphatic carbocycles. The average molecular weight is 210 g/mol. The van der Waals surface area contributed by atoms with E-state index in [1.807, 2.05) is 0 Å². The fourth-order valence-corrected chi connectivity index (χ4v) is 2.69. The van der Waals surface area contributed by atoms with Gasteiger partial charge in [0, 0.05) is 11.4 Å². The molecule has 0 aromatic carbocycles. The molecule has 1 unspecified atom stereocenters. The van der Waals surface area contributed by atoms with Crippen LogP contribution in [0.5, 0.6) is 0 Å². The van der Waals surface area contributed by atoms with Crippen LogP contribution in [-0.4, -0.2) is 18.1 Å². The molecule has 0 saturated heterocycles. The highest BCUT2D eigenvalue weighted by atomic mass is 32.1. The fraction of sp³-hybridized carbons (Fsp3) is 0.727. The molecule has 1 aromatic rings. The molecule has 1 N–H and O–H groups in total. The van der Waals surface area contributed by atoms with Gasteiger partial charge in [-0.1, -0.05) is 0 Å². The summed E-state index contributed by atoms with van der Waals surface area (Å²) in [6.07, 6.45) is 3.86. The first-order valence-electron chi connectivity index (χ1n) is 5.24. The molecule has 0 aliphatic heterocycles. The topological polar surface area (TPSA) is 24.9 Å². The van der Waals surface area contributed by atoms with Crippen LogP contribution in [0.1, 0.15) is 30.5 Å². The summed E-state index contributed by atoms with van der Waals surface area (Å²) in [7, 11) is 2.05. The van der Waals surface area contributed by atoms with Gasteiger partial charge in [0.25, 0.3) is 0 Å². The molecule has 2 rings (SSSR count). The number of thiazole rings is 1. The highest BCUT2D eigenvalue weighted by Gasteiger charge is 2.46. The van der Waals surface area contributed by atoms with Gasteiger partial charge in [-0.3, -0.25) is 0 Å². The third kappa shape index (κ3) is 1.84. The van der Waals surface area contributed by atoms with Crippen molar-refractivity contribution in [2.45, 2.75) is 39.2 Å². The van der Waals surface area contributed by atoms with Crippen LogP contribution in [0.15, 0.2) is 5.38 Å². The summed E-state index contributed by atoms with van der Waals surface area (Å²) in [5.41, 5.74) is 1.79. The normalized spacial score (nSPS) is 20.8. The van der Waals surface area contributed by atoms with Gasteiger partial charge in [0.2, 0.25) is 0 Å². The lowest BCUT2D eigenvalue weighted by atomic mass is 9.93. The second kappa shape index (κ2) is 3.63. The van der Waals surface area contributed by atoms with Crippen molar-refractivity contribution < 1.29 is 0 Å². The molecule has 1 saturated carbocycles. The minimum atomic E-state index is 0.509. The van der Waals surface area contributed by atoms with E-state index in [1.54, 1.807) is 11.3 Å². The molecule has 0 spiro atoms. The summed E-state index contributed by atoms with van der Waals surface area (Å²) in [4.78, 5) is 4.54. The van der Waals surface area contributed by atoms with E-state index in [2.05, 4.69) is 36.6 Å². The van der Waals surface area contributed by atoms with Crippen LogP contribution < -0.4 is 5.32 Å². The number of aryl methyl sites for hydroxylation is 1. The highest BCUT2D eigenvalue weighted by molar-refractivity contribution is 7.09. The molecular weight excluding hydrogens is 192 g/mol. The first-order chi connectivity index (χ1) is 6.66. The van der Waals surface area contributed by atoms with E-state index in [0.29, 0.717) is 11.5 Å². The van der Waals surface area contributed by atoms with Gasteiger partial charge in [-0.2, -0.15) is 0 Å². The molecule has 78 valence electrons. The molecule has 1 heterocycles. The monoisotopic (exact) mass is 210 g/mol. The summed E-state index contributed by atoms with van der Waals surface area (Å²) < 4.78 is 0. The van der Waals surface area contributed by atoms with Gasteiger partial charge in [0.05, 0.1) is 10.7 Å². The van der Waals surface area contributed by atoms with Crippen molar-refractivity contribution in [2.24, 2.45) is 5.41 Å². The molecule has 1 aromatic heterocycles. The van der Waals surface area contributed by atoms with Gasteiger partial charge in [0.1, 0.15) is 0 Å². The number of hydrogen-bond donors (Lipinski definition) is 1. The lowest BCUT2D eigenvalue weighted by Crippen LogP contribution is -2.33. The Labute approximate surface area is 89.8 Å². The zero-order valence-corrected chi connectivity index (χ0v) is 9.95. The Morgan fingerprint density at radius 2 is 2.36 bits per heavy atom. The minimum absolute atomic E-state index is 0.509. The molecule has 1 atom stereocenters. The first kappa shape index (κ1) is 10.1. The third-order valence-corrected chi connectivity index (χ3v) is 4.27. The van der Waals surface area contributed by atoms with E-state index in [4.69, 9.17) is 0 Å². The largest absolute Gasteiger partial charge is 0.317 e. The van der Waals surface area contributed by atoms with Gasteiger partial charge in [-0.25, -0.2) is 4.98 Å². The predicted octanol–water partition coefficient (Wildman–Crippen LogP) is 2.38.